The fourth-order valence-electron chi connectivity index (χ4n) is 3.83. The van der Waals surface area contributed by atoms with Gasteiger partial charge >= 0.3 is 5.97 Å². The number of carbonyl (C=O) groups is 3. The molecule has 0 saturated heterocycles. The van der Waals surface area contributed by atoms with E-state index in [9.17, 15) is 14.4 Å². The molecule has 0 spiro atoms. The highest BCUT2D eigenvalue weighted by atomic mass is 16.5. The Kier molecular flexibility index (Phi) is 8.37. The topological polar surface area (TPSA) is 68.6 Å². The Labute approximate surface area is 184 Å². The molecule has 0 bridgehead atoms. The molecule has 0 fully saturated rings. The molecule has 166 valence electrons. The van der Waals surface area contributed by atoms with Crippen molar-refractivity contribution >= 4 is 17.7 Å². The Morgan fingerprint density at radius 1 is 1.19 bits per heavy atom. The van der Waals surface area contributed by atoms with Crippen molar-refractivity contribution in [2.45, 2.75) is 46.6 Å². The smallest absolute Gasteiger partial charge is 0.355 e. The third-order valence-electron chi connectivity index (χ3n) is 5.61. The molecule has 2 aromatic rings. The van der Waals surface area contributed by atoms with Crippen molar-refractivity contribution in [2.24, 2.45) is 7.05 Å². The summed E-state index contributed by atoms with van der Waals surface area (Å²) in [7, 11) is 1.74. The number of hydrogen-bond donors (Lipinski definition) is 0. The number of aromatic nitrogens is 1. The average molecular weight is 425 g/mol. The van der Waals surface area contributed by atoms with Crippen molar-refractivity contribution in [3.63, 3.8) is 0 Å². The number of benzene rings is 1. The SMILES string of the molecule is C=CCN(C(=O)CCc1ccccc1)[C@@H](C)C(=O)c1c(C)c(C(=O)OCC)n(C)c1C. The first-order chi connectivity index (χ1) is 14.7. The van der Waals surface area contributed by atoms with Crippen molar-refractivity contribution in [2.75, 3.05) is 13.2 Å². The first-order valence-electron chi connectivity index (χ1n) is 10.6. The number of nitrogens with zero attached hydrogens (tertiary/aromatic N) is 2. The van der Waals surface area contributed by atoms with Gasteiger partial charge in [0.2, 0.25) is 5.91 Å². The van der Waals surface area contributed by atoms with E-state index in [4.69, 9.17) is 4.74 Å². The summed E-state index contributed by atoms with van der Waals surface area (Å²) in [6.07, 6.45) is 2.53. The number of ether oxygens (including phenoxy) is 1. The van der Waals surface area contributed by atoms with E-state index in [0.29, 0.717) is 35.4 Å². The molecule has 0 aliphatic carbocycles. The first kappa shape index (κ1) is 24.1. The number of hydrogen-bond acceptors (Lipinski definition) is 4. The van der Waals surface area contributed by atoms with Gasteiger partial charge in [0.15, 0.2) is 5.78 Å². The molecule has 1 atom stereocenters. The van der Waals surface area contributed by atoms with Crippen molar-refractivity contribution in [3.05, 3.63) is 71.1 Å². The van der Waals surface area contributed by atoms with Crippen LogP contribution in [0.15, 0.2) is 43.0 Å². The lowest BCUT2D eigenvalue weighted by molar-refractivity contribution is -0.131. The van der Waals surface area contributed by atoms with Crippen LogP contribution in [0.1, 0.15) is 57.9 Å². The zero-order valence-corrected chi connectivity index (χ0v) is 19.1. The van der Waals surface area contributed by atoms with Gasteiger partial charge < -0.3 is 14.2 Å². The van der Waals surface area contributed by atoms with Crippen LogP contribution in [-0.4, -0.2) is 46.3 Å². The molecule has 0 saturated carbocycles. The highest BCUT2D eigenvalue weighted by molar-refractivity contribution is 6.06. The van der Waals surface area contributed by atoms with Crippen LogP contribution in [-0.2, 0) is 23.0 Å². The number of Topliss-reactive ketones (excluding diaryl/α,β-unsaturated/α-hetero) is 1. The fourth-order valence-corrected chi connectivity index (χ4v) is 3.83. The molecule has 31 heavy (non-hydrogen) atoms. The van der Waals surface area contributed by atoms with Crippen LogP contribution in [0.2, 0.25) is 0 Å². The maximum atomic E-state index is 13.4. The van der Waals surface area contributed by atoms with Gasteiger partial charge in [-0.05, 0) is 45.2 Å². The lowest BCUT2D eigenvalue weighted by atomic mass is 9.99. The molecule has 0 aliphatic rings. The van der Waals surface area contributed by atoms with Crippen LogP contribution in [0, 0.1) is 13.8 Å². The van der Waals surface area contributed by atoms with E-state index in [1.54, 1.807) is 50.3 Å². The van der Waals surface area contributed by atoms with Crippen LogP contribution in [0.3, 0.4) is 0 Å². The summed E-state index contributed by atoms with van der Waals surface area (Å²) in [5.74, 6) is -0.767. The standard InChI is InChI=1S/C25H32N2O4/c1-7-16-27(21(28)15-14-20-12-10-9-11-13-20)19(5)24(29)22-17(3)23(25(30)31-8-2)26(6)18(22)4/h7,9-13,19H,1,8,14-16H2,2-6H3/t19-/m0/s1. The van der Waals surface area contributed by atoms with Gasteiger partial charge in [0, 0.05) is 31.3 Å². The molecule has 6 heteroatoms. The summed E-state index contributed by atoms with van der Waals surface area (Å²) in [6.45, 7) is 11.3. The predicted molar refractivity (Wildman–Crippen MR) is 121 cm³/mol. The zero-order valence-electron chi connectivity index (χ0n) is 19.1. The molecule has 1 aromatic carbocycles. The molecule has 0 unspecified atom stereocenters. The molecule has 0 N–H and O–H groups in total. The van der Waals surface area contributed by atoms with E-state index in [1.807, 2.05) is 30.3 Å². The lowest BCUT2D eigenvalue weighted by Gasteiger charge is -2.27. The number of amides is 1. The van der Waals surface area contributed by atoms with Crippen LogP contribution in [0.4, 0.5) is 0 Å². The second-order valence-electron chi connectivity index (χ2n) is 7.57. The van der Waals surface area contributed by atoms with Crippen molar-refractivity contribution in [1.29, 1.82) is 0 Å². The lowest BCUT2D eigenvalue weighted by Crippen LogP contribution is -2.43. The molecule has 0 radical (unpaired) electrons. The van der Waals surface area contributed by atoms with E-state index in [0.717, 1.165) is 5.56 Å². The normalized spacial score (nSPS) is 11.6. The summed E-state index contributed by atoms with van der Waals surface area (Å²) in [5, 5.41) is 0. The minimum Gasteiger partial charge on any atom is -0.461 e. The third kappa shape index (κ3) is 5.32. The van der Waals surface area contributed by atoms with Gasteiger partial charge in [0.1, 0.15) is 5.69 Å². The number of aryl methyl sites for hydroxylation is 1. The molecular weight excluding hydrogens is 392 g/mol. The summed E-state index contributed by atoms with van der Waals surface area (Å²) >= 11 is 0. The van der Waals surface area contributed by atoms with E-state index in [2.05, 4.69) is 6.58 Å². The van der Waals surface area contributed by atoms with Crippen LogP contribution >= 0.6 is 0 Å². The summed E-state index contributed by atoms with van der Waals surface area (Å²) in [6, 6.07) is 9.09. The molecule has 1 aromatic heterocycles. The predicted octanol–water partition coefficient (Wildman–Crippen LogP) is 4.04. The summed E-state index contributed by atoms with van der Waals surface area (Å²) in [4.78, 5) is 40.3. The maximum Gasteiger partial charge on any atom is 0.355 e. The monoisotopic (exact) mass is 424 g/mol. The van der Waals surface area contributed by atoms with Crippen molar-refractivity contribution in [3.8, 4) is 0 Å². The van der Waals surface area contributed by atoms with Crippen LogP contribution in [0.5, 0.6) is 0 Å². The minimum absolute atomic E-state index is 0.110. The van der Waals surface area contributed by atoms with Gasteiger partial charge in [-0.15, -0.1) is 6.58 Å². The highest BCUT2D eigenvalue weighted by Crippen LogP contribution is 2.25. The molecule has 6 nitrogen and oxygen atoms in total. The Hall–Kier alpha value is -3.15. The number of rotatable bonds is 10. The van der Waals surface area contributed by atoms with Gasteiger partial charge in [0.05, 0.1) is 12.6 Å². The molecule has 1 heterocycles. The Bertz CT molecular complexity index is 960. The van der Waals surface area contributed by atoms with Gasteiger partial charge in [0.25, 0.3) is 0 Å². The van der Waals surface area contributed by atoms with Crippen molar-refractivity contribution < 1.29 is 19.1 Å². The number of esters is 1. The Morgan fingerprint density at radius 2 is 1.84 bits per heavy atom. The van der Waals surface area contributed by atoms with Crippen molar-refractivity contribution in [1.82, 2.24) is 9.47 Å². The van der Waals surface area contributed by atoms with Gasteiger partial charge in [-0.2, -0.15) is 0 Å². The Balaban J connectivity index is 2.27. The maximum absolute atomic E-state index is 13.4. The quantitative estimate of drug-likeness (QED) is 0.328. The second kappa shape index (κ2) is 10.8. The second-order valence-corrected chi connectivity index (χ2v) is 7.57. The number of carbonyl (C=O) groups excluding carboxylic acids is 3. The Morgan fingerprint density at radius 3 is 2.42 bits per heavy atom. The largest absolute Gasteiger partial charge is 0.461 e. The van der Waals surface area contributed by atoms with E-state index in [-0.39, 0.29) is 24.8 Å². The summed E-state index contributed by atoms with van der Waals surface area (Å²) in [5.41, 5.74) is 3.14. The van der Waals surface area contributed by atoms with Crippen LogP contribution in [0.25, 0.3) is 0 Å². The third-order valence-corrected chi connectivity index (χ3v) is 5.61. The molecule has 0 aliphatic heterocycles. The summed E-state index contributed by atoms with van der Waals surface area (Å²) < 4.78 is 6.83. The average Bonchev–Trinajstić information content (AvgIpc) is 2.98. The molecule has 2 rings (SSSR count). The van der Waals surface area contributed by atoms with E-state index >= 15 is 0 Å². The zero-order chi connectivity index (χ0) is 23.1. The molecular formula is C25H32N2O4. The molecule has 1 amide bonds. The minimum atomic E-state index is -0.684. The highest BCUT2D eigenvalue weighted by Gasteiger charge is 2.31. The van der Waals surface area contributed by atoms with Gasteiger partial charge in [-0.3, -0.25) is 9.59 Å². The van der Waals surface area contributed by atoms with Gasteiger partial charge in [-0.25, -0.2) is 4.79 Å². The van der Waals surface area contributed by atoms with E-state index < -0.39 is 12.0 Å². The number of ketones is 1. The van der Waals surface area contributed by atoms with Crippen LogP contribution < -0.4 is 0 Å². The van der Waals surface area contributed by atoms with Gasteiger partial charge in [-0.1, -0.05) is 36.4 Å². The fraction of sp³-hybridized carbons (Fsp3) is 0.400. The first-order valence-corrected chi connectivity index (χ1v) is 10.6. The van der Waals surface area contributed by atoms with E-state index in [1.165, 1.54) is 0 Å².